The van der Waals surface area contributed by atoms with Crippen molar-refractivity contribution in [2.75, 3.05) is 6.61 Å². The van der Waals surface area contributed by atoms with Gasteiger partial charge in [-0.05, 0) is 19.3 Å². The Morgan fingerprint density at radius 2 is 2.32 bits per heavy atom. The van der Waals surface area contributed by atoms with E-state index in [4.69, 9.17) is 9.84 Å². The van der Waals surface area contributed by atoms with Crippen LogP contribution in [-0.2, 0) is 4.74 Å². The van der Waals surface area contributed by atoms with Gasteiger partial charge in [-0.15, -0.1) is 5.92 Å². The highest BCUT2D eigenvalue weighted by Gasteiger charge is 2.33. The van der Waals surface area contributed by atoms with Gasteiger partial charge in [0.2, 0.25) is 0 Å². The van der Waals surface area contributed by atoms with Crippen molar-refractivity contribution in [3.05, 3.63) is 32.6 Å². The summed E-state index contributed by atoms with van der Waals surface area (Å²) < 4.78 is 6.93. The second-order valence-corrected chi connectivity index (χ2v) is 4.61. The molecule has 0 saturated carbocycles. The van der Waals surface area contributed by atoms with E-state index in [2.05, 4.69) is 16.8 Å². The van der Waals surface area contributed by atoms with Gasteiger partial charge in [0, 0.05) is 6.20 Å². The van der Waals surface area contributed by atoms with Crippen molar-refractivity contribution in [3.8, 4) is 11.8 Å². The van der Waals surface area contributed by atoms with Gasteiger partial charge in [0.15, 0.2) is 0 Å². The SMILES string of the molecule is CC#Cc1cn([C@H]2C[C@H](C)[C@@H](CO)O2)c(=O)[nH]c1=O. The molecule has 1 saturated heterocycles. The van der Waals surface area contributed by atoms with Gasteiger partial charge in [0.25, 0.3) is 5.56 Å². The first kappa shape index (κ1) is 13.6. The predicted octanol–water partition coefficient (Wildman–Crippen LogP) is -0.176. The van der Waals surface area contributed by atoms with Crippen LogP contribution in [0, 0.1) is 17.8 Å². The minimum atomic E-state index is -0.526. The highest BCUT2D eigenvalue weighted by atomic mass is 16.5. The molecular formula is C13H16N2O4. The van der Waals surface area contributed by atoms with Crippen LogP contribution in [0.2, 0.25) is 0 Å². The molecule has 0 bridgehead atoms. The lowest BCUT2D eigenvalue weighted by molar-refractivity contribution is -0.0313. The van der Waals surface area contributed by atoms with E-state index in [1.165, 1.54) is 10.8 Å². The molecule has 0 aliphatic carbocycles. The van der Waals surface area contributed by atoms with Crippen LogP contribution in [-0.4, -0.2) is 27.4 Å². The molecule has 0 spiro atoms. The third kappa shape index (κ3) is 2.62. The molecule has 1 aromatic heterocycles. The monoisotopic (exact) mass is 264 g/mol. The summed E-state index contributed by atoms with van der Waals surface area (Å²) in [5, 5.41) is 9.16. The number of nitrogens with zero attached hydrogens (tertiary/aromatic N) is 1. The lowest BCUT2D eigenvalue weighted by Crippen LogP contribution is -2.33. The first-order valence-electron chi connectivity index (χ1n) is 6.11. The van der Waals surface area contributed by atoms with E-state index in [0.717, 1.165) is 0 Å². The van der Waals surface area contributed by atoms with Crippen molar-refractivity contribution in [1.82, 2.24) is 9.55 Å². The van der Waals surface area contributed by atoms with Gasteiger partial charge in [0.05, 0.1) is 12.7 Å². The number of hydrogen-bond donors (Lipinski definition) is 2. The molecule has 0 radical (unpaired) electrons. The molecule has 3 atom stereocenters. The molecule has 0 unspecified atom stereocenters. The molecule has 1 aliphatic heterocycles. The largest absolute Gasteiger partial charge is 0.394 e. The molecule has 19 heavy (non-hydrogen) atoms. The lowest BCUT2D eigenvalue weighted by atomic mass is 10.0. The first-order chi connectivity index (χ1) is 9.06. The van der Waals surface area contributed by atoms with Crippen LogP contribution >= 0.6 is 0 Å². The fourth-order valence-electron chi connectivity index (χ4n) is 2.19. The highest BCUT2D eigenvalue weighted by Crippen LogP contribution is 2.31. The Bertz CT molecular complexity index is 635. The van der Waals surface area contributed by atoms with E-state index in [1.54, 1.807) is 6.92 Å². The van der Waals surface area contributed by atoms with Crippen LogP contribution in [0.25, 0.3) is 0 Å². The van der Waals surface area contributed by atoms with Gasteiger partial charge >= 0.3 is 5.69 Å². The zero-order valence-corrected chi connectivity index (χ0v) is 10.8. The topological polar surface area (TPSA) is 84.3 Å². The summed E-state index contributed by atoms with van der Waals surface area (Å²) in [6.45, 7) is 3.48. The summed E-state index contributed by atoms with van der Waals surface area (Å²) in [5.41, 5.74) is -0.798. The number of aromatic amines is 1. The summed E-state index contributed by atoms with van der Waals surface area (Å²) in [5.74, 6) is 5.42. The second kappa shape index (κ2) is 5.43. The Hall–Kier alpha value is -1.84. The van der Waals surface area contributed by atoms with E-state index in [1.807, 2.05) is 6.92 Å². The first-order valence-corrected chi connectivity index (χ1v) is 6.11. The third-order valence-electron chi connectivity index (χ3n) is 3.26. The molecule has 0 amide bonds. The Morgan fingerprint density at radius 1 is 1.58 bits per heavy atom. The summed E-state index contributed by atoms with van der Waals surface area (Å²) in [6, 6.07) is 0. The maximum Gasteiger partial charge on any atom is 0.330 e. The highest BCUT2D eigenvalue weighted by molar-refractivity contribution is 5.28. The number of aromatic nitrogens is 2. The van der Waals surface area contributed by atoms with Crippen LogP contribution in [0.3, 0.4) is 0 Å². The van der Waals surface area contributed by atoms with Crippen molar-refractivity contribution in [2.24, 2.45) is 5.92 Å². The molecule has 6 heteroatoms. The van der Waals surface area contributed by atoms with Gasteiger partial charge in [-0.1, -0.05) is 12.8 Å². The maximum absolute atomic E-state index is 11.8. The Labute approximate surface area is 110 Å². The molecule has 1 aromatic rings. The molecule has 102 valence electrons. The van der Waals surface area contributed by atoms with E-state index in [9.17, 15) is 9.59 Å². The number of hydrogen-bond acceptors (Lipinski definition) is 4. The quantitative estimate of drug-likeness (QED) is 0.726. The minimum absolute atomic E-state index is 0.0859. The molecule has 2 rings (SSSR count). The number of aliphatic hydroxyl groups excluding tert-OH is 1. The third-order valence-corrected chi connectivity index (χ3v) is 3.26. The average molecular weight is 264 g/mol. The van der Waals surface area contributed by atoms with Crippen molar-refractivity contribution >= 4 is 0 Å². The van der Waals surface area contributed by atoms with Crippen LogP contribution in [0.1, 0.15) is 32.1 Å². The number of H-pyrrole nitrogens is 1. The summed E-state index contributed by atoms with van der Waals surface area (Å²) >= 11 is 0. The van der Waals surface area contributed by atoms with Crippen molar-refractivity contribution in [3.63, 3.8) is 0 Å². The number of rotatable bonds is 2. The van der Waals surface area contributed by atoms with Gasteiger partial charge in [-0.2, -0.15) is 0 Å². The standard InChI is InChI=1S/C13H16N2O4/c1-3-4-9-6-15(13(18)14-12(9)17)11-5-8(2)10(7-16)19-11/h6,8,10-11,16H,5,7H2,1-2H3,(H,14,17,18)/t8-,10+,11+/m0/s1. The van der Waals surface area contributed by atoms with Gasteiger partial charge < -0.3 is 9.84 Å². The molecule has 0 aromatic carbocycles. The number of aliphatic hydroxyl groups is 1. The van der Waals surface area contributed by atoms with Crippen molar-refractivity contribution in [2.45, 2.75) is 32.6 Å². The summed E-state index contributed by atoms with van der Waals surface area (Å²) in [4.78, 5) is 25.6. The van der Waals surface area contributed by atoms with E-state index < -0.39 is 17.5 Å². The normalized spacial score (nSPS) is 25.9. The van der Waals surface area contributed by atoms with Gasteiger partial charge in [-0.25, -0.2) is 4.79 Å². The fraction of sp³-hybridized carbons (Fsp3) is 0.538. The lowest BCUT2D eigenvalue weighted by Gasteiger charge is -2.14. The van der Waals surface area contributed by atoms with E-state index in [-0.39, 0.29) is 24.2 Å². The Balaban J connectivity index is 2.40. The summed E-state index contributed by atoms with van der Waals surface area (Å²) in [7, 11) is 0. The van der Waals surface area contributed by atoms with Gasteiger partial charge in [-0.3, -0.25) is 14.3 Å². The molecule has 1 fully saturated rings. The van der Waals surface area contributed by atoms with Crippen LogP contribution in [0.4, 0.5) is 0 Å². The molecule has 1 aliphatic rings. The number of nitrogens with one attached hydrogen (secondary N) is 1. The maximum atomic E-state index is 11.8. The summed E-state index contributed by atoms with van der Waals surface area (Å²) in [6.07, 6.45) is 1.25. The smallest absolute Gasteiger partial charge is 0.330 e. The average Bonchev–Trinajstić information content (AvgIpc) is 2.74. The molecule has 2 heterocycles. The van der Waals surface area contributed by atoms with Crippen LogP contribution in [0.5, 0.6) is 0 Å². The zero-order valence-electron chi connectivity index (χ0n) is 10.8. The molecular weight excluding hydrogens is 248 g/mol. The van der Waals surface area contributed by atoms with Crippen LogP contribution < -0.4 is 11.2 Å². The molecule has 2 N–H and O–H groups in total. The van der Waals surface area contributed by atoms with E-state index >= 15 is 0 Å². The Morgan fingerprint density at radius 3 is 2.89 bits per heavy atom. The molecule has 6 nitrogen and oxygen atoms in total. The second-order valence-electron chi connectivity index (χ2n) is 4.61. The minimum Gasteiger partial charge on any atom is -0.394 e. The van der Waals surface area contributed by atoms with Crippen LogP contribution in [0.15, 0.2) is 15.8 Å². The van der Waals surface area contributed by atoms with Crippen molar-refractivity contribution in [1.29, 1.82) is 0 Å². The zero-order chi connectivity index (χ0) is 14.0. The van der Waals surface area contributed by atoms with Gasteiger partial charge in [0.1, 0.15) is 11.8 Å². The Kier molecular flexibility index (Phi) is 3.88. The van der Waals surface area contributed by atoms with E-state index in [0.29, 0.717) is 6.42 Å². The number of ether oxygens (including phenoxy) is 1. The van der Waals surface area contributed by atoms with Crippen molar-refractivity contribution < 1.29 is 9.84 Å². The predicted molar refractivity (Wildman–Crippen MR) is 68.7 cm³/mol. The fourth-order valence-corrected chi connectivity index (χ4v) is 2.19.